The largest absolute Gasteiger partial charge is 0.490 e. The molecule has 0 saturated heterocycles. The monoisotopic (exact) mass is 442 g/mol. The van der Waals surface area contributed by atoms with Gasteiger partial charge in [-0.1, -0.05) is 63.7 Å². The van der Waals surface area contributed by atoms with Crippen LogP contribution in [0.15, 0.2) is 36.4 Å². The quantitative estimate of drug-likeness (QED) is 0.200. The summed E-state index contributed by atoms with van der Waals surface area (Å²) in [6.45, 7) is 4.59. The number of hydrogen-bond donors (Lipinski definition) is 0. The third-order valence-corrected chi connectivity index (χ3v) is 5.04. The molecule has 0 radical (unpaired) electrons. The van der Waals surface area contributed by atoms with Crippen LogP contribution in [0.5, 0.6) is 5.75 Å². The van der Waals surface area contributed by atoms with Gasteiger partial charge >= 0.3 is 5.97 Å². The van der Waals surface area contributed by atoms with Gasteiger partial charge in [-0.05, 0) is 49.7 Å². The third kappa shape index (κ3) is 8.34. The van der Waals surface area contributed by atoms with Gasteiger partial charge in [0.15, 0.2) is 11.6 Å². The van der Waals surface area contributed by atoms with Crippen molar-refractivity contribution in [1.29, 1.82) is 0 Å². The molecule has 0 heterocycles. The maximum absolute atomic E-state index is 14.4. The molecule has 0 N–H and O–H groups in total. The number of carbonyl (C=O) groups excluding carboxylic acids is 1. The van der Waals surface area contributed by atoms with Crippen LogP contribution in [0.3, 0.4) is 0 Å². The highest BCUT2D eigenvalue weighted by Gasteiger charge is 2.13. The summed E-state index contributed by atoms with van der Waals surface area (Å²) < 4.78 is 39.1. The van der Waals surface area contributed by atoms with Crippen molar-refractivity contribution in [3.05, 3.63) is 64.7 Å². The molecule has 0 aliphatic carbocycles. The van der Waals surface area contributed by atoms with Crippen LogP contribution in [0, 0.1) is 23.5 Å². The second-order valence-corrected chi connectivity index (χ2v) is 7.61. The summed E-state index contributed by atoms with van der Waals surface area (Å²) in [7, 11) is 0. The smallest absolute Gasteiger partial charge is 0.338 e. The fraction of sp³-hybridized carbons (Fsp3) is 0.444. The van der Waals surface area contributed by atoms with Gasteiger partial charge in [-0.2, -0.15) is 4.39 Å². The SMILES string of the molecule is CCCCCCCCCCOc1ccc(C#Cc2ccc(C(=O)OCC)cc2)c(F)c1F. The highest BCUT2D eigenvalue weighted by atomic mass is 19.2. The van der Waals surface area contributed by atoms with Gasteiger partial charge in [-0.3, -0.25) is 0 Å². The van der Waals surface area contributed by atoms with E-state index in [1.807, 2.05) is 0 Å². The normalized spacial score (nSPS) is 10.4. The van der Waals surface area contributed by atoms with Crippen LogP contribution in [0.1, 0.15) is 86.7 Å². The van der Waals surface area contributed by atoms with Gasteiger partial charge in [0.2, 0.25) is 5.82 Å². The van der Waals surface area contributed by atoms with Crippen molar-refractivity contribution in [2.24, 2.45) is 0 Å². The Labute approximate surface area is 190 Å². The van der Waals surface area contributed by atoms with Crippen LogP contribution in [0.2, 0.25) is 0 Å². The van der Waals surface area contributed by atoms with Gasteiger partial charge in [0.25, 0.3) is 0 Å². The number of halogens is 2. The molecule has 0 atom stereocenters. The van der Waals surface area contributed by atoms with Crippen molar-refractivity contribution >= 4 is 5.97 Å². The van der Waals surface area contributed by atoms with Crippen LogP contribution >= 0.6 is 0 Å². The Morgan fingerprint density at radius 2 is 1.47 bits per heavy atom. The zero-order valence-corrected chi connectivity index (χ0v) is 19.0. The Hall–Kier alpha value is -2.87. The van der Waals surface area contributed by atoms with Gasteiger partial charge < -0.3 is 9.47 Å². The number of benzene rings is 2. The highest BCUT2D eigenvalue weighted by Crippen LogP contribution is 2.23. The van der Waals surface area contributed by atoms with E-state index in [4.69, 9.17) is 9.47 Å². The molecule has 2 aromatic carbocycles. The van der Waals surface area contributed by atoms with E-state index in [-0.39, 0.29) is 11.3 Å². The molecule has 172 valence electrons. The fourth-order valence-electron chi connectivity index (χ4n) is 3.20. The Morgan fingerprint density at radius 3 is 2.12 bits per heavy atom. The summed E-state index contributed by atoms with van der Waals surface area (Å²) in [5.74, 6) is 2.88. The molecule has 0 amide bonds. The fourth-order valence-corrected chi connectivity index (χ4v) is 3.20. The molecule has 0 bridgehead atoms. The molecular formula is C27H32F2O3. The highest BCUT2D eigenvalue weighted by molar-refractivity contribution is 5.89. The molecule has 0 aliphatic rings. The van der Waals surface area contributed by atoms with Crippen molar-refractivity contribution in [1.82, 2.24) is 0 Å². The average Bonchev–Trinajstić information content (AvgIpc) is 2.80. The minimum atomic E-state index is -1.02. The van der Waals surface area contributed by atoms with Gasteiger partial charge in [0, 0.05) is 5.56 Å². The van der Waals surface area contributed by atoms with Gasteiger partial charge in [-0.25, -0.2) is 9.18 Å². The van der Waals surface area contributed by atoms with Crippen LogP contribution in [0.4, 0.5) is 8.78 Å². The summed E-state index contributed by atoms with van der Waals surface area (Å²) in [5.41, 5.74) is 0.942. The van der Waals surface area contributed by atoms with Crippen molar-refractivity contribution in [3.8, 4) is 17.6 Å². The molecule has 2 aromatic rings. The Morgan fingerprint density at radius 1 is 0.812 bits per heavy atom. The van der Waals surface area contributed by atoms with Crippen molar-refractivity contribution in [2.45, 2.75) is 65.2 Å². The van der Waals surface area contributed by atoms with Crippen LogP contribution in [-0.2, 0) is 4.74 Å². The van der Waals surface area contributed by atoms with E-state index in [2.05, 4.69) is 18.8 Å². The Balaban J connectivity index is 1.86. The van der Waals surface area contributed by atoms with Crippen LogP contribution < -0.4 is 4.74 Å². The zero-order chi connectivity index (χ0) is 23.2. The van der Waals surface area contributed by atoms with Crippen molar-refractivity contribution in [2.75, 3.05) is 13.2 Å². The number of carbonyl (C=O) groups is 1. The predicted molar refractivity (Wildman–Crippen MR) is 123 cm³/mol. The average molecular weight is 443 g/mol. The van der Waals surface area contributed by atoms with E-state index in [0.29, 0.717) is 24.3 Å². The molecule has 0 fully saturated rings. The number of rotatable bonds is 12. The van der Waals surface area contributed by atoms with E-state index in [1.165, 1.54) is 44.2 Å². The molecule has 0 spiro atoms. The van der Waals surface area contributed by atoms with Crippen molar-refractivity contribution < 1.29 is 23.0 Å². The first kappa shape index (κ1) is 25.4. The maximum atomic E-state index is 14.4. The summed E-state index contributed by atoms with van der Waals surface area (Å²) in [6.07, 6.45) is 9.26. The molecule has 5 heteroatoms. The first-order valence-electron chi connectivity index (χ1n) is 11.5. The predicted octanol–water partition coefficient (Wildman–Crippen LogP) is 7.06. The molecule has 32 heavy (non-hydrogen) atoms. The first-order chi connectivity index (χ1) is 15.6. The maximum Gasteiger partial charge on any atom is 0.338 e. The Kier molecular flexibility index (Phi) is 11.3. The molecule has 0 aliphatic heterocycles. The van der Waals surface area contributed by atoms with E-state index in [0.717, 1.165) is 19.3 Å². The first-order valence-corrected chi connectivity index (χ1v) is 11.5. The lowest BCUT2D eigenvalue weighted by atomic mass is 10.1. The number of ether oxygens (including phenoxy) is 2. The minimum absolute atomic E-state index is 0.0450. The van der Waals surface area contributed by atoms with Gasteiger partial charge in [0.05, 0.1) is 24.3 Å². The minimum Gasteiger partial charge on any atom is -0.490 e. The molecular weight excluding hydrogens is 410 g/mol. The van der Waals surface area contributed by atoms with E-state index in [9.17, 15) is 13.6 Å². The number of unbranched alkanes of at least 4 members (excludes halogenated alkanes) is 7. The molecule has 2 rings (SSSR count). The molecule has 0 saturated carbocycles. The van der Waals surface area contributed by atoms with Crippen LogP contribution in [-0.4, -0.2) is 19.2 Å². The zero-order valence-electron chi connectivity index (χ0n) is 19.0. The second kappa shape index (κ2) is 14.2. The van der Waals surface area contributed by atoms with E-state index >= 15 is 0 Å². The van der Waals surface area contributed by atoms with E-state index in [1.54, 1.807) is 31.2 Å². The lowest BCUT2D eigenvalue weighted by molar-refractivity contribution is 0.0526. The number of esters is 1. The molecule has 3 nitrogen and oxygen atoms in total. The summed E-state index contributed by atoms with van der Waals surface area (Å²) >= 11 is 0. The third-order valence-electron chi connectivity index (χ3n) is 5.04. The lowest BCUT2D eigenvalue weighted by Gasteiger charge is -2.08. The van der Waals surface area contributed by atoms with E-state index < -0.39 is 17.6 Å². The lowest BCUT2D eigenvalue weighted by Crippen LogP contribution is -2.04. The molecule has 0 aromatic heterocycles. The standard InChI is InChI=1S/C27H32F2O3/c1-3-5-6-7-8-9-10-11-20-32-24-19-18-22(25(28)26(24)29)15-12-21-13-16-23(17-14-21)27(30)31-4-2/h13-14,16-19H,3-11,20H2,1-2H3. The summed E-state index contributed by atoms with van der Waals surface area (Å²) in [4.78, 5) is 11.7. The summed E-state index contributed by atoms with van der Waals surface area (Å²) in [6, 6.07) is 9.27. The Bertz CT molecular complexity index is 911. The second-order valence-electron chi connectivity index (χ2n) is 7.61. The topological polar surface area (TPSA) is 35.5 Å². The van der Waals surface area contributed by atoms with Gasteiger partial charge in [-0.15, -0.1) is 0 Å². The van der Waals surface area contributed by atoms with Crippen molar-refractivity contribution in [3.63, 3.8) is 0 Å². The summed E-state index contributed by atoms with van der Waals surface area (Å²) in [5, 5.41) is 0. The molecule has 0 unspecified atom stereocenters. The van der Waals surface area contributed by atoms with Crippen LogP contribution in [0.25, 0.3) is 0 Å². The van der Waals surface area contributed by atoms with Gasteiger partial charge in [0.1, 0.15) is 0 Å². The number of hydrogen-bond acceptors (Lipinski definition) is 3.